The first-order valence-corrected chi connectivity index (χ1v) is 3.90. The van der Waals surface area contributed by atoms with Gasteiger partial charge in [0.25, 0.3) is 0 Å². The van der Waals surface area contributed by atoms with Gasteiger partial charge in [0.1, 0.15) is 0 Å². The van der Waals surface area contributed by atoms with Crippen LogP contribution in [0.2, 0.25) is 0 Å². The number of allylic oxidation sites excluding steroid dienone is 2. The van der Waals surface area contributed by atoms with E-state index < -0.39 is 6.98 Å². The summed E-state index contributed by atoms with van der Waals surface area (Å²) in [7, 11) is 0. The third-order valence-corrected chi connectivity index (χ3v) is 2.19. The van der Waals surface area contributed by atoms with Crippen LogP contribution in [0.15, 0.2) is 11.0 Å². The zero-order chi connectivity index (χ0) is 8.48. The Morgan fingerprint density at radius 3 is 1.92 bits per heavy atom. The predicted octanol–water partition coefficient (Wildman–Crippen LogP) is 0.267. The van der Waals surface area contributed by atoms with Gasteiger partial charge in [0.2, 0.25) is 0 Å². The third-order valence-electron chi connectivity index (χ3n) is 2.19. The van der Waals surface area contributed by atoms with Gasteiger partial charge >= 0.3 is 58.4 Å². The van der Waals surface area contributed by atoms with Crippen LogP contribution >= 0.6 is 0 Å². The van der Waals surface area contributed by atoms with E-state index in [2.05, 4.69) is 0 Å². The molecule has 0 aromatic heterocycles. The van der Waals surface area contributed by atoms with Gasteiger partial charge in [-0.05, 0) is 19.8 Å². The smallest absolute Gasteiger partial charge is 0.445 e. The molecule has 0 saturated carbocycles. The van der Waals surface area contributed by atoms with Crippen LogP contribution in [0.5, 0.6) is 0 Å². The molecule has 1 aliphatic carbocycles. The van der Waals surface area contributed by atoms with Crippen LogP contribution in [0.25, 0.3) is 0 Å². The quantitative estimate of drug-likeness (QED) is 0.535. The number of hydrogen-bond donors (Lipinski definition) is 0. The summed E-state index contributed by atoms with van der Waals surface area (Å²) in [6.45, 7) is -3.09. The van der Waals surface area contributed by atoms with Gasteiger partial charge < -0.3 is 12.9 Å². The molecule has 5 heteroatoms. The van der Waals surface area contributed by atoms with Gasteiger partial charge in [-0.1, -0.05) is 12.8 Å². The maximum absolute atomic E-state index is 12.2. The van der Waals surface area contributed by atoms with E-state index >= 15 is 0 Å². The predicted molar refractivity (Wildman–Crippen MR) is 40.2 cm³/mol. The maximum Gasteiger partial charge on any atom is 1.00 e. The maximum atomic E-state index is 12.2. The molecule has 0 fully saturated rings. The molecule has 0 N–H and O–H groups in total. The van der Waals surface area contributed by atoms with Gasteiger partial charge in [-0.3, -0.25) is 0 Å². The fourth-order valence-electron chi connectivity index (χ4n) is 1.52. The Morgan fingerprint density at radius 1 is 1.08 bits per heavy atom. The van der Waals surface area contributed by atoms with E-state index in [1.165, 1.54) is 0 Å². The summed E-state index contributed by atoms with van der Waals surface area (Å²) < 4.78 is 36.6. The molecule has 0 saturated heterocycles. The second kappa shape index (κ2) is 5.20. The van der Waals surface area contributed by atoms with Crippen LogP contribution in [0.1, 0.15) is 32.6 Å². The van der Waals surface area contributed by atoms with Crippen molar-refractivity contribution >= 4 is 6.98 Å². The number of halogens is 3. The summed E-state index contributed by atoms with van der Waals surface area (Å²) in [5.41, 5.74) is 0.333. The molecule has 0 aromatic rings. The normalized spacial score (nSPS) is 19.0. The Hall–Kier alpha value is 1.23. The molecule has 64 valence electrons. The van der Waals surface area contributed by atoms with Gasteiger partial charge in [-0.2, -0.15) is 0 Å². The van der Waals surface area contributed by atoms with Crippen LogP contribution in [0, 0.1) is 0 Å². The summed E-state index contributed by atoms with van der Waals surface area (Å²) in [5, 5.41) is 0. The fraction of sp³-hybridized carbons (Fsp3) is 0.714. The Labute approximate surface area is 113 Å². The zero-order valence-corrected chi connectivity index (χ0v) is 10.7. The summed E-state index contributed by atoms with van der Waals surface area (Å²) in [6.07, 6.45) is 2.50. The molecule has 1 aliphatic rings. The van der Waals surface area contributed by atoms with Crippen molar-refractivity contribution < 1.29 is 64.3 Å². The topological polar surface area (TPSA) is 0 Å². The van der Waals surface area contributed by atoms with Crippen LogP contribution in [0.4, 0.5) is 12.9 Å². The second-order valence-electron chi connectivity index (χ2n) is 3.09. The van der Waals surface area contributed by atoms with E-state index in [4.69, 9.17) is 0 Å². The molecule has 12 heavy (non-hydrogen) atoms. The van der Waals surface area contributed by atoms with Gasteiger partial charge in [0.05, 0.1) is 0 Å². The molecule has 0 aliphatic heterocycles. The third kappa shape index (κ3) is 3.54. The first-order chi connectivity index (χ1) is 5.02. The number of hydrogen-bond acceptors (Lipinski definition) is 0. The molecular weight excluding hydrogens is 191 g/mol. The Bertz CT molecular complexity index is 186. The van der Waals surface area contributed by atoms with Crippen molar-refractivity contribution in [1.82, 2.24) is 0 Å². The average Bonchev–Trinajstić information content (AvgIpc) is 1.86. The van der Waals surface area contributed by atoms with E-state index in [1.54, 1.807) is 6.92 Å². The largest absolute Gasteiger partial charge is 1.00 e. The van der Waals surface area contributed by atoms with E-state index in [1.807, 2.05) is 0 Å². The second-order valence-corrected chi connectivity index (χ2v) is 3.09. The molecule has 0 spiro atoms. The van der Waals surface area contributed by atoms with Crippen molar-refractivity contribution in [3.05, 3.63) is 11.0 Å². The van der Waals surface area contributed by atoms with E-state index in [0.29, 0.717) is 18.4 Å². The standard InChI is InChI=1S/C7H11BF3.K/c1-6-4-2-3-5-7(6)8(9,10)11;/h2-5H2,1H3;/q-1;+1. The van der Waals surface area contributed by atoms with E-state index in [9.17, 15) is 12.9 Å². The molecule has 1 rings (SSSR count). The van der Waals surface area contributed by atoms with Crippen LogP contribution in [0.3, 0.4) is 0 Å². The van der Waals surface area contributed by atoms with E-state index in [0.717, 1.165) is 6.42 Å². The van der Waals surface area contributed by atoms with Crippen molar-refractivity contribution in [1.29, 1.82) is 0 Å². The molecule has 0 radical (unpaired) electrons. The van der Waals surface area contributed by atoms with Crippen LogP contribution in [-0.4, -0.2) is 6.98 Å². The molecule has 0 unspecified atom stereocenters. The van der Waals surface area contributed by atoms with Crippen molar-refractivity contribution in [2.24, 2.45) is 0 Å². The zero-order valence-electron chi connectivity index (χ0n) is 7.54. The molecule has 0 amide bonds. The van der Waals surface area contributed by atoms with Crippen molar-refractivity contribution in [2.75, 3.05) is 0 Å². The summed E-state index contributed by atoms with van der Waals surface area (Å²) in [4.78, 5) is 0. The van der Waals surface area contributed by atoms with Gasteiger partial charge in [0, 0.05) is 0 Å². The minimum atomic E-state index is -4.69. The Morgan fingerprint density at radius 2 is 1.58 bits per heavy atom. The molecular formula is C7H11BF3K. The summed E-state index contributed by atoms with van der Waals surface area (Å²) in [5.74, 6) is 0. The summed E-state index contributed by atoms with van der Waals surface area (Å²) >= 11 is 0. The minimum absolute atomic E-state index is 0. The monoisotopic (exact) mass is 202 g/mol. The molecule has 0 bridgehead atoms. The van der Waals surface area contributed by atoms with Crippen LogP contribution < -0.4 is 51.4 Å². The molecule has 0 aromatic carbocycles. The first kappa shape index (κ1) is 13.2. The van der Waals surface area contributed by atoms with Crippen molar-refractivity contribution in [2.45, 2.75) is 32.6 Å². The number of rotatable bonds is 1. The first-order valence-electron chi connectivity index (χ1n) is 3.90. The average molecular weight is 202 g/mol. The minimum Gasteiger partial charge on any atom is -0.445 e. The fourth-order valence-corrected chi connectivity index (χ4v) is 1.52. The molecule has 0 atom stereocenters. The molecule has 0 nitrogen and oxygen atoms in total. The van der Waals surface area contributed by atoms with Crippen molar-refractivity contribution in [3.63, 3.8) is 0 Å². The molecule has 0 heterocycles. The summed E-state index contributed by atoms with van der Waals surface area (Å²) in [6, 6.07) is 0. The van der Waals surface area contributed by atoms with E-state index in [-0.39, 0.29) is 63.3 Å². The van der Waals surface area contributed by atoms with Crippen LogP contribution in [-0.2, 0) is 0 Å². The van der Waals surface area contributed by atoms with Gasteiger partial charge in [-0.15, -0.1) is 11.0 Å². The Balaban J connectivity index is 0.00000121. The van der Waals surface area contributed by atoms with Crippen molar-refractivity contribution in [3.8, 4) is 0 Å². The Kier molecular flexibility index (Phi) is 5.73. The van der Waals surface area contributed by atoms with Gasteiger partial charge in [-0.25, -0.2) is 0 Å². The van der Waals surface area contributed by atoms with Gasteiger partial charge in [0.15, 0.2) is 0 Å². The SMILES string of the molecule is CC1=C([B-](F)(F)F)CCCC1.[K+].